The predicted molar refractivity (Wildman–Crippen MR) is 87.6 cm³/mol. The first-order valence-electron chi connectivity index (χ1n) is 6.46. The molecule has 0 saturated heterocycles. The quantitative estimate of drug-likeness (QED) is 0.694. The second-order valence-electron chi connectivity index (χ2n) is 4.69. The number of anilines is 2. The smallest absolute Gasteiger partial charge is 0.128 e. The summed E-state index contributed by atoms with van der Waals surface area (Å²) in [5.74, 6) is -0.238. The first-order valence-corrected chi connectivity index (χ1v) is 7.25. The summed E-state index contributed by atoms with van der Waals surface area (Å²) in [6.07, 6.45) is 1.71. The molecule has 3 nitrogen and oxygen atoms in total. The van der Waals surface area contributed by atoms with Gasteiger partial charge in [0, 0.05) is 33.9 Å². The van der Waals surface area contributed by atoms with Crippen molar-refractivity contribution in [2.45, 2.75) is 6.54 Å². The minimum Gasteiger partial charge on any atom is -0.398 e. The third-order valence-corrected chi connectivity index (χ3v) is 3.77. The number of rotatable bonds is 3. The molecule has 3 N–H and O–H groups in total. The van der Waals surface area contributed by atoms with Gasteiger partial charge in [0.2, 0.25) is 0 Å². The van der Waals surface area contributed by atoms with Gasteiger partial charge < -0.3 is 11.1 Å². The van der Waals surface area contributed by atoms with Crippen LogP contribution in [0.3, 0.4) is 0 Å². The van der Waals surface area contributed by atoms with E-state index in [0.717, 1.165) is 21.1 Å². The van der Waals surface area contributed by atoms with Crippen molar-refractivity contribution in [3.05, 3.63) is 64.5 Å². The highest BCUT2D eigenvalue weighted by Crippen LogP contribution is 2.27. The van der Waals surface area contributed by atoms with Gasteiger partial charge in [0.25, 0.3) is 0 Å². The van der Waals surface area contributed by atoms with Gasteiger partial charge in [0.15, 0.2) is 0 Å². The van der Waals surface area contributed by atoms with Gasteiger partial charge in [0.1, 0.15) is 5.82 Å². The number of hydrogen-bond donors (Lipinski definition) is 2. The topological polar surface area (TPSA) is 50.9 Å². The van der Waals surface area contributed by atoms with E-state index < -0.39 is 0 Å². The Morgan fingerprint density at radius 2 is 2.05 bits per heavy atom. The number of nitrogen functional groups attached to an aromatic ring is 1. The van der Waals surface area contributed by atoms with Crippen molar-refractivity contribution in [1.29, 1.82) is 0 Å². The van der Waals surface area contributed by atoms with Crippen molar-refractivity contribution in [1.82, 2.24) is 4.98 Å². The zero-order chi connectivity index (χ0) is 14.8. The highest BCUT2D eigenvalue weighted by molar-refractivity contribution is 9.10. The largest absolute Gasteiger partial charge is 0.398 e. The summed E-state index contributed by atoms with van der Waals surface area (Å²) in [6.45, 7) is 0.376. The van der Waals surface area contributed by atoms with Crippen LogP contribution in [-0.2, 0) is 6.54 Å². The Kier molecular flexibility index (Phi) is 3.75. The number of fused-ring (bicyclic) bond motifs is 1. The molecule has 106 valence electrons. The predicted octanol–water partition coefficient (Wildman–Crippen LogP) is 4.33. The summed E-state index contributed by atoms with van der Waals surface area (Å²) in [7, 11) is 0. The molecule has 21 heavy (non-hydrogen) atoms. The van der Waals surface area contributed by atoms with Crippen LogP contribution in [-0.4, -0.2) is 4.98 Å². The number of halogens is 2. The zero-order valence-electron chi connectivity index (χ0n) is 11.1. The molecule has 0 atom stereocenters. The number of nitrogens with zero attached hydrogens (tertiary/aromatic N) is 1. The standard InChI is InChI=1S/C16H13BrFN3/c17-11-3-4-13(18)10(8-11)9-21-15-6-5-14(19)12-2-1-7-20-16(12)15/h1-8,21H,9,19H2. The lowest BCUT2D eigenvalue weighted by Gasteiger charge is -2.11. The Morgan fingerprint density at radius 3 is 2.90 bits per heavy atom. The second kappa shape index (κ2) is 5.69. The molecule has 0 aliphatic carbocycles. The van der Waals surface area contributed by atoms with E-state index in [0.29, 0.717) is 17.8 Å². The molecule has 0 amide bonds. The number of pyridine rings is 1. The fraction of sp³-hybridized carbons (Fsp3) is 0.0625. The monoisotopic (exact) mass is 345 g/mol. The number of nitrogens with two attached hydrogens (primary N) is 1. The van der Waals surface area contributed by atoms with Crippen LogP contribution in [0.5, 0.6) is 0 Å². The van der Waals surface area contributed by atoms with Crippen LogP contribution in [0, 0.1) is 5.82 Å². The van der Waals surface area contributed by atoms with Gasteiger partial charge in [-0.15, -0.1) is 0 Å². The van der Waals surface area contributed by atoms with E-state index in [1.807, 2.05) is 24.3 Å². The molecule has 1 heterocycles. The van der Waals surface area contributed by atoms with E-state index in [9.17, 15) is 4.39 Å². The van der Waals surface area contributed by atoms with Gasteiger partial charge in [-0.05, 0) is 42.5 Å². The van der Waals surface area contributed by atoms with Crippen LogP contribution in [0.25, 0.3) is 10.9 Å². The lowest BCUT2D eigenvalue weighted by molar-refractivity contribution is 0.612. The van der Waals surface area contributed by atoms with Gasteiger partial charge in [-0.3, -0.25) is 4.98 Å². The van der Waals surface area contributed by atoms with Crippen LogP contribution in [0.15, 0.2) is 53.1 Å². The summed E-state index contributed by atoms with van der Waals surface area (Å²) in [5.41, 5.74) is 8.83. The van der Waals surface area contributed by atoms with Crippen molar-refractivity contribution in [3.63, 3.8) is 0 Å². The molecular weight excluding hydrogens is 333 g/mol. The van der Waals surface area contributed by atoms with Crippen LogP contribution < -0.4 is 11.1 Å². The molecule has 1 aromatic heterocycles. The highest BCUT2D eigenvalue weighted by atomic mass is 79.9. The average Bonchev–Trinajstić information content (AvgIpc) is 2.50. The van der Waals surface area contributed by atoms with Crippen molar-refractivity contribution in [2.75, 3.05) is 11.1 Å². The van der Waals surface area contributed by atoms with Crippen molar-refractivity contribution in [2.24, 2.45) is 0 Å². The number of aromatic nitrogens is 1. The number of hydrogen-bond acceptors (Lipinski definition) is 3. The molecule has 3 rings (SSSR count). The zero-order valence-corrected chi connectivity index (χ0v) is 12.7. The summed E-state index contributed by atoms with van der Waals surface area (Å²) in [6, 6.07) is 12.3. The van der Waals surface area contributed by atoms with Gasteiger partial charge in [-0.2, -0.15) is 0 Å². The van der Waals surface area contributed by atoms with E-state index >= 15 is 0 Å². The van der Waals surface area contributed by atoms with Crippen LogP contribution in [0.4, 0.5) is 15.8 Å². The third-order valence-electron chi connectivity index (χ3n) is 3.28. The number of benzene rings is 2. The molecule has 0 bridgehead atoms. The molecular formula is C16H13BrFN3. The highest BCUT2D eigenvalue weighted by Gasteiger charge is 2.07. The molecule has 0 saturated carbocycles. The fourth-order valence-electron chi connectivity index (χ4n) is 2.21. The lowest BCUT2D eigenvalue weighted by atomic mass is 10.1. The van der Waals surface area contributed by atoms with E-state index in [1.54, 1.807) is 18.3 Å². The maximum absolute atomic E-state index is 13.8. The van der Waals surface area contributed by atoms with Crippen molar-refractivity contribution >= 4 is 38.2 Å². The normalized spacial score (nSPS) is 10.8. The molecule has 3 aromatic rings. The van der Waals surface area contributed by atoms with Gasteiger partial charge in [0.05, 0.1) is 11.2 Å². The van der Waals surface area contributed by atoms with E-state index in [1.165, 1.54) is 6.07 Å². The molecule has 0 fully saturated rings. The van der Waals surface area contributed by atoms with E-state index in [2.05, 4.69) is 26.2 Å². The maximum atomic E-state index is 13.8. The summed E-state index contributed by atoms with van der Waals surface area (Å²) in [4.78, 5) is 4.35. The minimum absolute atomic E-state index is 0.238. The Morgan fingerprint density at radius 1 is 1.19 bits per heavy atom. The van der Waals surface area contributed by atoms with Crippen molar-refractivity contribution < 1.29 is 4.39 Å². The Balaban J connectivity index is 1.92. The molecule has 0 unspecified atom stereocenters. The molecule has 0 aliphatic heterocycles. The second-order valence-corrected chi connectivity index (χ2v) is 5.61. The molecule has 2 aromatic carbocycles. The Hall–Kier alpha value is -2.14. The molecule has 0 aliphatic rings. The van der Waals surface area contributed by atoms with Gasteiger partial charge in [-0.25, -0.2) is 4.39 Å². The SMILES string of the molecule is Nc1ccc(NCc2cc(Br)ccc2F)c2ncccc12. The summed E-state index contributed by atoms with van der Waals surface area (Å²) < 4.78 is 14.6. The lowest BCUT2D eigenvalue weighted by Crippen LogP contribution is -2.03. The molecule has 0 spiro atoms. The average molecular weight is 346 g/mol. The molecule has 0 radical (unpaired) electrons. The Bertz CT molecular complexity index is 805. The number of nitrogens with one attached hydrogen (secondary N) is 1. The van der Waals surface area contributed by atoms with E-state index in [-0.39, 0.29) is 5.82 Å². The van der Waals surface area contributed by atoms with Crippen molar-refractivity contribution in [3.8, 4) is 0 Å². The summed E-state index contributed by atoms with van der Waals surface area (Å²) in [5, 5.41) is 4.11. The fourth-order valence-corrected chi connectivity index (χ4v) is 2.62. The van der Waals surface area contributed by atoms with Crippen LogP contribution >= 0.6 is 15.9 Å². The van der Waals surface area contributed by atoms with E-state index in [4.69, 9.17) is 5.73 Å². The Labute approximate surface area is 130 Å². The minimum atomic E-state index is -0.238. The van der Waals surface area contributed by atoms with Gasteiger partial charge >= 0.3 is 0 Å². The third kappa shape index (κ3) is 2.83. The van der Waals surface area contributed by atoms with Crippen LogP contribution in [0.2, 0.25) is 0 Å². The first kappa shape index (κ1) is 13.8. The first-order chi connectivity index (χ1) is 10.1. The van der Waals surface area contributed by atoms with Gasteiger partial charge in [-0.1, -0.05) is 15.9 Å². The van der Waals surface area contributed by atoms with Crippen LogP contribution in [0.1, 0.15) is 5.56 Å². The summed E-state index contributed by atoms with van der Waals surface area (Å²) >= 11 is 3.35. The maximum Gasteiger partial charge on any atom is 0.128 e. The molecule has 5 heteroatoms.